The minimum Gasteiger partial charge on any atom is -0.788 e. The van der Waals surface area contributed by atoms with Crippen LogP contribution >= 0.6 is 0 Å². The van der Waals surface area contributed by atoms with Gasteiger partial charge in [-0.2, -0.15) is 5.75 Å². The molecule has 0 rings (SSSR count). The molecule has 0 nitrogen and oxygen atoms in total. The Labute approximate surface area is 44.7 Å². The zero-order valence-electron chi connectivity index (χ0n) is 3.74. The Morgan fingerprint density at radius 2 is 2.33 bits per heavy atom. The van der Waals surface area contributed by atoms with Crippen LogP contribution in [0.2, 0.25) is 0 Å². The van der Waals surface area contributed by atoms with Gasteiger partial charge in [-0.3, -0.25) is 0 Å². The maximum Gasteiger partial charge on any atom is 0.104 e. The first-order valence-electron chi connectivity index (χ1n) is 1.85. The predicted octanol–water partition coefficient (Wildman–Crippen LogP) is 1.31. The highest BCUT2D eigenvalue weighted by Gasteiger charge is 1.78. The standard InChI is InChI=1S/C5H8S/c1-3-5(2)4-6/h1-4H2. The van der Waals surface area contributed by atoms with Crippen molar-refractivity contribution in [3.05, 3.63) is 19.1 Å². The first kappa shape index (κ1) is 5.96. The lowest BCUT2D eigenvalue weighted by Gasteiger charge is -1.97. The maximum atomic E-state index is 4.63. The van der Waals surface area contributed by atoms with Crippen molar-refractivity contribution < 1.29 is 0 Å². The summed E-state index contributed by atoms with van der Waals surface area (Å²) >= 11 is 4.63. The maximum absolute atomic E-state index is 4.63. The lowest BCUT2D eigenvalue weighted by molar-refractivity contribution is 1.24. The fourth-order valence-electron chi connectivity index (χ4n) is 0.0722. The molecule has 0 aliphatic carbocycles. The van der Waals surface area contributed by atoms with E-state index in [0.29, 0.717) is 5.75 Å². The van der Waals surface area contributed by atoms with Gasteiger partial charge in [0.25, 0.3) is 0 Å². The Bertz CT molecular complexity index is 41.9. The summed E-state index contributed by atoms with van der Waals surface area (Å²) in [5, 5.41) is 0. The van der Waals surface area contributed by atoms with Gasteiger partial charge < -0.3 is 12.6 Å². The molecule has 0 radical (unpaired) electrons. The Kier molecular flexibility index (Phi) is 3.14. The predicted molar refractivity (Wildman–Crippen MR) is 31.3 cm³/mol. The molecule has 0 aliphatic heterocycles. The van der Waals surface area contributed by atoms with E-state index in [2.05, 4.69) is 26.1 Å². The molecule has 0 spiro atoms. The summed E-state index contributed by atoms with van der Waals surface area (Å²) in [6.45, 7) is 7.22. The normalized spacial score (nSPS) is 8.17. The molecule has 1 heteroatoms. The van der Waals surface area contributed by atoms with E-state index >= 15 is 0 Å². The molecular weight excluding hydrogens is 92.1 g/mol. The van der Waals surface area contributed by atoms with Gasteiger partial charge in [-0.15, -0.1) is 0 Å². The highest BCUT2D eigenvalue weighted by Crippen LogP contribution is 1.90. The second-order valence-electron chi connectivity index (χ2n) is 1.14. The second kappa shape index (κ2) is 3.16. The van der Waals surface area contributed by atoms with Gasteiger partial charge in [-0.1, -0.05) is 12.2 Å². The summed E-state index contributed by atoms with van der Waals surface area (Å²) in [4.78, 5) is 0. The third kappa shape index (κ3) is 2.21. The second-order valence-corrected chi connectivity index (χ2v) is 1.43. The van der Waals surface area contributed by atoms with Crippen LogP contribution in [0, 0.1) is 6.92 Å². The van der Waals surface area contributed by atoms with E-state index < -0.39 is 0 Å². The van der Waals surface area contributed by atoms with Gasteiger partial charge in [0.2, 0.25) is 0 Å². The molecule has 6 heavy (non-hydrogen) atoms. The summed E-state index contributed by atoms with van der Waals surface area (Å²) in [6.07, 6.45) is 0.781. The van der Waals surface area contributed by atoms with Gasteiger partial charge in [0.1, 0.15) is 6.42 Å². The molecule has 0 saturated heterocycles. The Hall–Kier alpha value is -0.0400. The van der Waals surface area contributed by atoms with E-state index in [4.69, 9.17) is 0 Å². The van der Waals surface area contributed by atoms with Crippen LogP contribution in [-0.2, 0) is 12.6 Å². The molecule has 0 N–H and O–H groups in total. The summed E-state index contributed by atoms with van der Waals surface area (Å²) in [6, 6.07) is 0. The molecule has 34 valence electrons. The molecule has 0 atom stereocenters. The van der Waals surface area contributed by atoms with E-state index in [1.807, 2.05) is 0 Å². The van der Waals surface area contributed by atoms with Crippen molar-refractivity contribution in [2.75, 3.05) is 5.75 Å². The minimum absolute atomic E-state index is 0.656. The summed E-state index contributed by atoms with van der Waals surface area (Å²) < 4.78 is 0. The number of hydrogen-bond acceptors (Lipinski definition) is 1. The Morgan fingerprint density at radius 3 is 2.33 bits per heavy atom. The van der Waals surface area contributed by atoms with E-state index in [9.17, 15) is 0 Å². The van der Waals surface area contributed by atoms with Crippen LogP contribution in [-0.4, -0.2) is 5.75 Å². The third-order valence-electron chi connectivity index (χ3n) is 0.558. The van der Waals surface area contributed by atoms with Crippen molar-refractivity contribution in [2.45, 2.75) is 6.42 Å². The van der Waals surface area contributed by atoms with Crippen LogP contribution in [0.3, 0.4) is 0 Å². The zero-order valence-corrected chi connectivity index (χ0v) is 4.55. The van der Waals surface area contributed by atoms with Crippen molar-refractivity contribution in [3.63, 3.8) is 0 Å². The van der Waals surface area contributed by atoms with E-state index in [1.165, 1.54) is 0 Å². The van der Waals surface area contributed by atoms with Gasteiger partial charge in [-0.05, 0) is 0 Å². The number of rotatable bonds is 2. The van der Waals surface area contributed by atoms with Crippen molar-refractivity contribution in [1.29, 1.82) is 0 Å². The quantitative estimate of drug-likeness (QED) is 0.286. The van der Waals surface area contributed by atoms with Gasteiger partial charge >= 0.3 is 0 Å². The summed E-state index contributed by atoms with van der Waals surface area (Å²) in [7, 11) is 0. The highest BCUT2D eigenvalue weighted by atomic mass is 32.1. The molecule has 0 aromatic heterocycles. The van der Waals surface area contributed by atoms with Crippen LogP contribution in [0.25, 0.3) is 0 Å². The smallest absolute Gasteiger partial charge is 0.104 e. The van der Waals surface area contributed by atoms with E-state index in [-0.39, 0.29) is 0 Å². The van der Waals surface area contributed by atoms with Crippen molar-refractivity contribution >= 4 is 12.6 Å². The van der Waals surface area contributed by atoms with E-state index in [1.54, 1.807) is 0 Å². The average molecular weight is 100 g/mol. The summed E-state index contributed by atoms with van der Waals surface area (Å²) in [5.74, 6) is 0.656. The molecule has 0 aromatic carbocycles. The number of hydrogen-bond donors (Lipinski definition) is 0. The topological polar surface area (TPSA) is 0 Å². The largest absolute Gasteiger partial charge is 0.788 e. The molecule has 0 fully saturated rings. The molecule has 0 heterocycles. The van der Waals surface area contributed by atoms with Gasteiger partial charge in [-0.25, -0.2) is 0 Å². The van der Waals surface area contributed by atoms with E-state index in [0.717, 1.165) is 12.0 Å². The summed E-state index contributed by atoms with van der Waals surface area (Å²) in [5.41, 5.74) is 1.05. The lowest BCUT2D eigenvalue weighted by atomic mass is 10.3. The third-order valence-corrected chi connectivity index (χ3v) is 0.966. The van der Waals surface area contributed by atoms with Crippen molar-refractivity contribution in [1.82, 2.24) is 0 Å². The van der Waals surface area contributed by atoms with Crippen LogP contribution in [0.5, 0.6) is 0 Å². The minimum atomic E-state index is 0.656. The Morgan fingerprint density at radius 1 is 1.83 bits per heavy atom. The first-order valence-corrected chi connectivity index (χ1v) is 2.43. The first-order chi connectivity index (χ1) is 2.81. The van der Waals surface area contributed by atoms with Gasteiger partial charge in [0.05, 0.1) is 6.92 Å². The molecule has 0 unspecified atom stereocenters. The molecule has 0 aromatic rings. The Balaban J connectivity index is 2.99. The van der Waals surface area contributed by atoms with Crippen molar-refractivity contribution in [2.24, 2.45) is 0 Å². The molecule has 0 bridgehead atoms. The van der Waals surface area contributed by atoms with Crippen molar-refractivity contribution in [3.8, 4) is 0 Å². The molecular formula is C5H8S. The fraction of sp³-hybridized carbons (Fsp3) is 0.400. The molecule has 0 saturated carbocycles. The monoisotopic (exact) mass is 100 g/mol. The lowest BCUT2D eigenvalue weighted by Crippen LogP contribution is -1.79. The van der Waals surface area contributed by atoms with Crippen LogP contribution in [0.1, 0.15) is 6.42 Å². The average Bonchev–Trinajstić information content (AvgIpc) is 1.65. The van der Waals surface area contributed by atoms with Gasteiger partial charge in [0, 0.05) is 0 Å². The molecule has 0 aliphatic rings. The SMILES string of the molecule is C=C(C[CH2+])C[S-]. The van der Waals surface area contributed by atoms with Crippen LogP contribution in [0.15, 0.2) is 12.2 Å². The fourth-order valence-corrected chi connectivity index (χ4v) is 0.217. The van der Waals surface area contributed by atoms with Crippen LogP contribution < -0.4 is 0 Å². The molecule has 0 amide bonds. The van der Waals surface area contributed by atoms with Crippen LogP contribution in [0.4, 0.5) is 0 Å². The van der Waals surface area contributed by atoms with Gasteiger partial charge in [0.15, 0.2) is 0 Å². The highest BCUT2D eigenvalue weighted by molar-refractivity contribution is 7.58. The zero-order chi connectivity index (χ0) is 4.99.